The summed E-state index contributed by atoms with van der Waals surface area (Å²) in [5.74, 6) is -0.539. The van der Waals surface area contributed by atoms with Gasteiger partial charge in [0.2, 0.25) is 0 Å². The Bertz CT molecular complexity index is 268. The van der Waals surface area contributed by atoms with Crippen molar-refractivity contribution in [3.63, 3.8) is 0 Å². The van der Waals surface area contributed by atoms with Crippen LogP contribution in [0.3, 0.4) is 0 Å². The van der Waals surface area contributed by atoms with Crippen molar-refractivity contribution < 1.29 is 14.7 Å². The van der Waals surface area contributed by atoms with E-state index in [1.54, 1.807) is 18.9 Å². The summed E-state index contributed by atoms with van der Waals surface area (Å²) in [7, 11) is 3.25. The summed E-state index contributed by atoms with van der Waals surface area (Å²) in [6.45, 7) is 6.55. The third-order valence-corrected chi connectivity index (χ3v) is 3.05. The molecule has 0 saturated heterocycles. The number of urea groups is 1. The lowest BCUT2D eigenvalue weighted by atomic mass is 10.1. The molecule has 0 rings (SSSR count). The Morgan fingerprint density at radius 1 is 1.18 bits per heavy atom. The lowest BCUT2D eigenvalue weighted by molar-refractivity contribution is -0.142. The highest BCUT2D eigenvalue weighted by atomic mass is 16.4. The van der Waals surface area contributed by atoms with E-state index < -0.39 is 12.0 Å². The van der Waals surface area contributed by atoms with Crippen LogP contribution in [0.1, 0.15) is 33.6 Å². The Morgan fingerprint density at radius 3 is 2.06 bits per heavy atom. The lowest BCUT2D eigenvalue weighted by Gasteiger charge is -2.30. The molecular formula is C12H24N2O3. The van der Waals surface area contributed by atoms with Gasteiger partial charge in [0.15, 0.2) is 0 Å². The van der Waals surface area contributed by atoms with Crippen LogP contribution >= 0.6 is 0 Å². The minimum atomic E-state index is -0.958. The van der Waals surface area contributed by atoms with Crippen molar-refractivity contribution in [3.05, 3.63) is 0 Å². The van der Waals surface area contributed by atoms with Crippen molar-refractivity contribution in [2.75, 3.05) is 20.6 Å². The third-order valence-electron chi connectivity index (χ3n) is 3.05. The number of hydrogen-bond acceptors (Lipinski definition) is 2. The molecule has 5 nitrogen and oxygen atoms in total. The Morgan fingerprint density at radius 2 is 1.71 bits per heavy atom. The van der Waals surface area contributed by atoms with E-state index in [-0.39, 0.29) is 6.03 Å². The molecule has 0 aliphatic heterocycles. The van der Waals surface area contributed by atoms with Crippen LogP contribution in [-0.4, -0.2) is 53.6 Å². The van der Waals surface area contributed by atoms with Crippen molar-refractivity contribution >= 4 is 12.0 Å². The highest BCUT2D eigenvalue weighted by Gasteiger charge is 2.26. The Labute approximate surface area is 103 Å². The zero-order valence-corrected chi connectivity index (χ0v) is 11.4. The Hall–Kier alpha value is -1.26. The maximum Gasteiger partial charge on any atom is 0.326 e. The highest BCUT2D eigenvalue weighted by molar-refractivity contribution is 5.82. The number of carboxylic acid groups (broad SMARTS) is 1. The zero-order chi connectivity index (χ0) is 13.6. The molecule has 2 unspecified atom stereocenters. The van der Waals surface area contributed by atoms with Gasteiger partial charge in [-0.15, -0.1) is 0 Å². The minimum Gasteiger partial charge on any atom is -0.480 e. The van der Waals surface area contributed by atoms with Gasteiger partial charge in [0.05, 0.1) is 0 Å². The minimum absolute atomic E-state index is 0.237. The van der Waals surface area contributed by atoms with Gasteiger partial charge >= 0.3 is 12.0 Å². The first-order valence-corrected chi connectivity index (χ1v) is 6.05. The molecule has 0 aromatic rings. The molecule has 5 heteroatoms. The van der Waals surface area contributed by atoms with E-state index in [2.05, 4.69) is 13.8 Å². The topological polar surface area (TPSA) is 60.9 Å². The fourth-order valence-electron chi connectivity index (χ4n) is 1.69. The van der Waals surface area contributed by atoms with E-state index >= 15 is 0 Å². The van der Waals surface area contributed by atoms with E-state index in [1.807, 2.05) is 0 Å². The van der Waals surface area contributed by atoms with E-state index in [0.717, 1.165) is 6.42 Å². The first-order chi connectivity index (χ1) is 7.84. The first kappa shape index (κ1) is 15.7. The van der Waals surface area contributed by atoms with E-state index in [1.165, 1.54) is 11.9 Å². The molecule has 100 valence electrons. The van der Waals surface area contributed by atoms with Crippen molar-refractivity contribution in [2.45, 2.75) is 39.7 Å². The van der Waals surface area contributed by atoms with Gasteiger partial charge in [0.1, 0.15) is 6.04 Å². The van der Waals surface area contributed by atoms with Crippen molar-refractivity contribution in [3.8, 4) is 0 Å². The molecule has 2 atom stereocenters. The average Bonchev–Trinajstić information content (AvgIpc) is 2.27. The molecule has 0 fully saturated rings. The number of carbonyl (C=O) groups is 2. The lowest BCUT2D eigenvalue weighted by Crippen LogP contribution is -2.48. The summed E-state index contributed by atoms with van der Waals surface area (Å²) in [4.78, 5) is 25.8. The van der Waals surface area contributed by atoms with Crippen LogP contribution in [0, 0.1) is 5.92 Å². The molecule has 0 heterocycles. The third kappa shape index (κ3) is 4.63. The van der Waals surface area contributed by atoms with Gasteiger partial charge in [0.25, 0.3) is 0 Å². The molecule has 0 aromatic heterocycles. The smallest absolute Gasteiger partial charge is 0.326 e. The van der Waals surface area contributed by atoms with E-state index in [0.29, 0.717) is 18.9 Å². The van der Waals surface area contributed by atoms with Crippen molar-refractivity contribution in [1.29, 1.82) is 0 Å². The zero-order valence-electron chi connectivity index (χ0n) is 11.4. The second-order valence-electron chi connectivity index (χ2n) is 4.55. The number of aliphatic carboxylic acids is 1. The maximum absolute atomic E-state index is 12.0. The SMILES string of the molecule is CCC(C)CN(C)C(=O)N(C)C(CC)C(=O)O. The van der Waals surface area contributed by atoms with Crippen molar-refractivity contribution in [2.24, 2.45) is 5.92 Å². The predicted molar refractivity (Wildman–Crippen MR) is 67.0 cm³/mol. The van der Waals surface area contributed by atoms with Gasteiger partial charge in [-0.25, -0.2) is 9.59 Å². The number of amides is 2. The van der Waals surface area contributed by atoms with Gasteiger partial charge in [-0.1, -0.05) is 27.2 Å². The number of carbonyl (C=O) groups excluding carboxylic acids is 1. The summed E-state index contributed by atoms with van der Waals surface area (Å²) in [6.07, 6.45) is 1.41. The van der Waals surface area contributed by atoms with E-state index in [4.69, 9.17) is 5.11 Å². The van der Waals surface area contributed by atoms with Gasteiger partial charge in [-0.05, 0) is 12.3 Å². The number of rotatable bonds is 6. The maximum atomic E-state index is 12.0. The molecule has 0 radical (unpaired) electrons. The Kier molecular flexibility index (Phi) is 6.61. The van der Waals surface area contributed by atoms with Crippen LogP contribution in [0.2, 0.25) is 0 Å². The quantitative estimate of drug-likeness (QED) is 0.776. The highest BCUT2D eigenvalue weighted by Crippen LogP contribution is 2.08. The second kappa shape index (κ2) is 7.14. The summed E-state index contributed by atoms with van der Waals surface area (Å²) in [5, 5.41) is 8.99. The summed E-state index contributed by atoms with van der Waals surface area (Å²) in [5.41, 5.74) is 0. The molecule has 0 saturated carbocycles. The number of hydrogen-bond donors (Lipinski definition) is 1. The fourth-order valence-corrected chi connectivity index (χ4v) is 1.69. The van der Waals surface area contributed by atoms with Crippen LogP contribution in [0.5, 0.6) is 0 Å². The molecule has 1 N–H and O–H groups in total. The molecule has 0 aromatic carbocycles. The first-order valence-electron chi connectivity index (χ1n) is 6.05. The molecule has 0 aliphatic carbocycles. The molecular weight excluding hydrogens is 220 g/mol. The summed E-state index contributed by atoms with van der Waals surface area (Å²) < 4.78 is 0. The van der Waals surface area contributed by atoms with Crippen molar-refractivity contribution in [1.82, 2.24) is 9.80 Å². The van der Waals surface area contributed by atoms with Crippen LogP contribution in [0.4, 0.5) is 4.79 Å². The molecule has 0 aliphatic rings. The average molecular weight is 244 g/mol. The Balaban J connectivity index is 4.52. The molecule has 17 heavy (non-hydrogen) atoms. The van der Waals surface area contributed by atoms with E-state index in [9.17, 15) is 9.59 Å². The van der Waals surface area contributed by atoms with Crippen LogP contribution in [0.25, 0.3) is 0 Å². The molecule has 2 amide bonds. The summed E-state index contributed by atoms with van der Waals surface area (Å²) >= 11 is 0. The van der Waals surface area contributed by atoms with Gasteiger partial charge in [0, 0.05) is 20.6 Å². The predicted octanol–water partition coefficient (Wildman–Crippen LogP) is 1.88. The standard InChI is InChI=1S/C12H24N2O3/c1-6-9(3)8-13(4)12(17)14(5)10(7-2)11(15)16/h9-10H,6-8H2,1-5H3,(H,15,16). The summed E-state index contributed by atoms with van der Waals surface area (Å²) in [6, 6.07) is -0.985. The van der Waals surface area contributed by atoms with Crippen LogP contribution < -0.4 is 0 Å². The second-order valence-corrected chi connectivity index (χ2v) is 4.55. The monoisotopic (exact) mass is 244 g/mol. The fraction of sp³-hybridized carbons (Fsp3) is 0.833. The van der Waals surface area contributed by atoms with Gasteiger partial charge < -0.3 is 14.9 Å². The molecule has 0 bridgehead atoms. The van der Waals surface area contributed by atoms with Gasteiger partial charge in [-0.2, -0.15) is 0 Å². The van der Waals surface area contributed by atoms with Crippen LogP contribution in [0.15, 0.2) is 0 Å². The largest absolute Gasteiger partial charge is 0.480 e. The number of likely N-dealkylation sites (N-methyl/N-ethyl adjacent to an activating group) is 1. The normalized spacial score (nSPS) is 13.9. The van der Waals surface area contributed by atoms with Crippen LogP contribution in [-0.2, 0) is 4.79 Å². The number of nitrogens with zero attached hydrogens (tertiary/aromatic N) is 2. The van der Waals surface area contributed by atoms with Gasteiger partial charge in [-0.3, -0.25) is 0 Å². The molecule has 0 spiro atoms. The number of carboxylic acids is 1.